The summed E-state index contributed by atoms with van der Waals surface area (Å²) in [6, 6.07) is 9.19. The van der Waals surface area contributed by atoms with Gasteiger partial charge in [0.25, 0.3) is 0 Å². The summed E-state index contributed by atoms with van der Waals surface area (Å²) in [5, 5.41) is 3.67. The molecule has 3 heteroatoms. The number of hydrogen-bond acceptors (Lipinski definition) is 2. The van der Waals surface area contributed by atoms with Gasteiger partial charge in [-0.05, 0) is 50.1 Å². The Morgan fingerprint density at radius 2 is 2.00 bits per heavy atom. The van der Waals surface area contributed by atoms with E-state index in [0.717, 1.165) is 17.4 Å². The van der Waals surface area contributed by atoms with Crippen LogP contribution >= 0.6 is 27.7 Å². The van der Waals surface area contributed by atoms with Crippen molar-refractivity contribution < 1.29 is 0 Å². The molecule has 0 aliphatic heterocycles. The molecule has 1 aliphatic rings. The fraction of sp³-hybridized carbons (Fsp3) is 0.571. The maximum Gasteiger partial charge on any atom is 0.0282 e. The van der Waals surface area contributed by atoms with Gasteiger partial charge in [-0.25, -0.2) is 0 Å². The lowest BCUT2D eigenvalue weighted by atomic mass is 10.1. The van der Waals surface area contributed by atoms with E-state index in [0.29, 0.717) is 10.8 Å². The molecule has 0 amide bonds. The molecule has 94 valence electrons. The maximum absolute atomic E-state index is 3.67. The number of nitrogens with one attached hydrogen (secondary N) is 1. The molecule has 2 rings (SSSR count). The highest BCUT2D eigenvalue weighted by Crippen LogP contribution is 2.46. The van der Waals surface area contributed by atoms with Crippen molar-refractivity contribution in [3.8, 4) is 0 Å². The Labute approximate surface area is 117 Å². The highest BCUT2D eigenvalue weighted by molar-refractivity contribution is 9.10. The predicted molar refractivity (Wildman–Crippen MR) is 80.8 cm³/mol. The van der Waals surface area contributed by atoms with Crippen LogP contribution in [0.3, 0.4) is 0 Å². The van der Waals surface area contributed by atoms with Gasteiger partial charge in [-0.15, -0.1) is 0 Å². The van der Waals surface area contributed by atoms with E-state index in [-0.39, 0.29) is 0 Å². The number of rotatable bonds is 6. The summed E-state index contributed by atoms with van der Waals surface area (Å²) >= 11 is 5.49. The second-order valence-corrected chi connectivity index (χ2v) is 7.19. The molecule has 1 fully saturated rings. The molecule has 0 heterocycles. The van der Waals surface area contributed by atoms with Gasteiger partial charge >= 0.3 is 0 Å². The third-order valence-electron chi connectivity index (χ3n) is 3.47. The van der Waals surface area contributed by atoms with E-state index in [2.05, 4.69) is 58.7 Å². The Morgan fingerprint density at radius 3 is 2.53 bits per heavy atom. The Morgan fingerprint density at radius 1 is 1.35 bits per heavy atom. The van der Waals surface area contributed by atoms with Crippen LogP contribution in [0.15, 0.2) is 28.7 Å². The molecule has 0 saturated heterocycles. The van der Waals surface area contributed by atoms with Crippen molar-refractivity contribution in [3.63, 3.8) is 0 Å². The van der Waals surface area contributed by atoms with Crippen molar-refractivity contribution >= 4 is 27.7 Å². The fourth-order valence-electron chi connectivity index (χ4n) is 2.00. The van der Waals surface area contributed by atoms with Crippen molar-refractivity contribution in [3.05, 3.63) is 34.3 Å². The van der Waals surface area contributed by atoms with Crippen molar-refractivity contribution in [2.75, 3.05) is 12.8 Å². The molecular formula is C14H20BrNS. The van der Waals surface area contributed by atoms with Crippen LogP contribution in [-0.2, 0) is 6.42 Å². The quantitative estimate of drug-likeness (QED) is 0.855. The first-order valence-electron chi connectivity index (χ1n) is 6.16. The zero-order valence-electron chi connectivity index (χ0n) is 10.5. The second kappa shape index (κ2) is 5.77. The second-order valence-electron chi connectivity index (χ2n) is 5.00. The topological polar surface area (TPSA) is 12.0 Å². The minimum atomic E-state index is 0.556. The van der Waals surface area contributed by atoms with Gasteiger partial charge in [0.15, 0.2) is 0 Å². The molecular weight excluding hydrogens is 294 g/mol. The van der Waals surface area contributed by atoms with Crippen LogP contribution in [0.2, 0.25) is 0 Å². The molecule has 1 atom stereocenters. The predicted octanol–water partition coefficient (Wildman–Crippen LogP) is 3.87. The lowest BCUT2D eigenvalue weighted by molar-refractivity contribution is 0.538. The van der Waals surface area contributed by atoms with Crippen LogP contribution < -0.4 is 5.32 Å². The standard InChI is InChI=1S/C14H20BrNS/c1-11(16-10-14(17-2)7-8-14)9-12-3-5-13(15)6-4-12/h3-6,11,16H,7-10H2,1-2H3. The SMILES string of the molecule is CSC1(CNC(C)Cc2ccc(Br)cc2)CC1. The molecule has 0 radical (unpaired) electrons. The monoisotopic (exact) mass is 313 g/mol. The van der Waals surface area contributed by atoms with E-state index >= 15 is 0 Å². The van der Waals surface area contributed by atoms with Gasteiger partial charge in [0.2, 0.25) is 0 Å². The summed E-state index contributed by atoms with van der Waals surface area (Å²) in [5.74, 6) is 0. The Kier molecular flexibility index (Phi) is 4.56. The van der Waals surface area contributed by atoms with E-state index in [9.17, 15) is 0 Å². The normalized spacial score (nSPS) is 19.0. The number of hydrogen-bond donors (Lipinski definition) is 1. The summed E-state index contributed by atoms with van der Waals surface area (Å²) in [5.41, 5.74) is 1.40. The third-order valence-corrected chi connectivity index (χ3v) is 5.42. The van der Waals surface area contributed by atoms with Crippen LogP contribution in [-0.4, -0.2) is 23.6 Å². The first-order valence-corrected chi connectivity index (χ1v) is 8.18. The molecule has 1 nitrogen and oxygen atoms in total. The van der Waals surface area contributed by atoms with Crippen LogP contribution in [0.25, 0.3) is 0 Å². The smallest absolute Gasteiger partial charge is 0.0282 e. The number of thioether (sulfide) groups is 1. The Hall–Kier alpha value is 0.01000. The fourth-order valence-corrected chi connectivity index (χ4v) is 3.00. The molecule has 0 aromatic heterocycles. The van der Waals surface area contributed by atoms with Gasteiger partial charge in [-0.1, -0.05) is 28.1 Å². The maximum atomic E-state index is 3.67. The van der Waals surface area contributed by atoms with Gasteiger partial charge in [-0.2, -0.15) is 11.8 Å². The minimum Gasteiger partial charge on any atom is -0.313 e. The summed E-state index contributed by atoms with van der Waals surface area (Å²) in [7, 11) is 0. The summed E-state index contributed by atoms with van der Waals surface area (Å²) < 4.78 is 1.72. The molecule has 1 aromatic carbocycles. The van der Waals surface area contributed by atoms with E-state index in [1.54, 1.807) is 0 Å². The van der Waals surface area contributed by atoms with Gasteiger partial charge in [0, 0.05) is 21.8 Å². The first-order chi connectivity index (χ1) is 8.13. The van der Waals surface area contributed by atoms with Crippen LogP contribution in [0.4, 0.5) is 0 Å². The molecule has 1 saturated carbocycles. The van der Waals surface area contributed by atoms with E-state index in [1.807, 2.05) is 11.8 Å². The third kappa shape index (κ3) is 4.01. The zero-order valence-corrected chi connectivity index (χ0v) is 12.9. The van der Waals surface area contributed by atoms with Gasteiger partial charge in [-0.3, -0.25) is 0 Å². The average Bonchev–Trinajstić information content (AvgIpc) is 3.10. The van der Waals surface area contributed by atoms with E-state index in [1.165, 1.54) is 18.4 Å². The summed E-state index contributed by atoms with van der Waals surface area (Å²) in [6.45, 7) is 3.43. The molecule has 17 heavy (non-hydrogen) atoms. The van der Waals surface area contributed by atoms with Crippen LogP contribution in [0.1, 0.15) is 25.3 Å². The molecule has 0 spiro atoms. The Balaban J connectivity index is 1.77. The van der Waals surface area contributed by atoms with Gasteiger partial charge < -0.3 is 5.32 Å². The first kappa shape index (κ1) is 13.4. The highest BCUT2D eigenvalue weighted by atomic mass is 79.9. The van der Waals surface area contributed by atoms with Gasteiger partial charge in [0.1, 0.15) is 0 Å². The van der Waals surface area contributed by atoms with Crippen molar-refractivity contribution in [2.24, 2.45) is 0 Å². The van der Waals surface area contributed by atoms with Crippen molar-refractivity contribution in [1.82, 2.24) is 5.32 Å². The Bertz CT molecular complexity index is 359. The number of halogens is 1. The average molecular weight is 314 g/mol. The molecule has 0 bridgehead atoms. The van der Waals surface area contributed by atoms with Crippen molar-refractivity contribution in [1.29, 1.82) is 0 Å². The lowest BCUT2D eigenvalue weighted by Crippen LogP contribution is -2.34. The zero-order chi connectivity index (χ0) is 12.3. The van der Waals surface area contributed by atoms with Crippen LogP contribution in [0.5, 0.6) is 0 Å². The minimum absolute atomic E-state index is 0.556. The molecule has 1 aromatic rings. The van der Waals surface area contributed by atoms with E-state index < -0.39 is 0 Å². The summed E-state index contributed by atoms with van der Waals surface area (Å²) in [4.78, 5) is 0. The molecule has 1 unspecified atom stereocenters. The molecule has 1 N–H and O–H groups in total. The van der Waals surface area contributed by atoms with E-state index in [4.69, 9.17) is 0 Å². The molecule has 1 aliphatic carbocycles. The number of benzene rings is 1. The largest absolute Gasteiger partial charge is 0.313 e. The van der Waals surface area contributed by atoms with Gasteiger partial charge in [0.05, 0.1) is 0 Å². The van der Waals surface area contributed by atoms with Crippen LogP contribution in [0, 0.1) is 0 Å². The summed E-state index contributed by atoms with van der Waals surface area (Å²) in [6.07, 6.45) is 6.10. The lowest BCUT2D eigenvalue weighted by Gasteiger charge is -2.18. The van der Waals surface area contributed by atoms with Crippen molar-refractivity contribution in [2.45, 2.75) is 37.0 Å². The highest BCUT2D eigenvalue weighted by Gasteiger charge is 2.41.